The van der Waals surface area contributed by atoms with E-state index in [2.05, 4.69) is 4.98 Å². The predicted molar refractivity (Wildman–Crippen MR) is 107 cm³/mol. The summed E-state index contributed by atoms with van der Waals surface area (Å²) >= 11 is 0. The van der Waals surface area contributed by atoms with Gasteiger partial charge in [-0.3, -0.25) is 14.6 Å². The predicted octanol–water partition coefficient (Wildman–Crippen LogP) is 0.880. The summed E-state index contributed by atoms with van der Waals surface area (Å²) in [6.07, 6.45) is 8.66. The third kappa shape index (κ3) is 3.18. The monoisotopic (exact) mass is 413 g/mol. The zero-order chi connectivity index (χ0) is 20.7. The molecule has 1 aromatic heterocycles. The van der Waals surface area contributed by atoms with Crippen LogP contribution in [-0.4, -0.2) is 84.3 Å². The summed E-state index contributed by atoms with van der Waals surface area (Å²) in [5, 5.41) is 0. The second-order valence-corrected chi connectivity index (χ2v) is 8.48. The molecule has 30 heavy (non-hydrogen) atoms. The number of amides is 2. The molecular weight excluding hydrogens is 386 g/mol. The van der Waals surface area contributed by atoms with Gasteiger partial charge in [0.05, 0.1) is 37.3 Å². The van der Waals surface area contributed by atoms with Crippen LogP contribution in [0.25, 0.3) is 0 Å². The number of hydrogen-bond acceptors (Lipinski definition) is 6. The highest BCUT2D eigenvalue weighted by molar-refractivity contribution is 5.93. The van der Waals surface area contributed by atoms with Gasteiger partial charge < -0.3 is 24.0 Å². The zero-order valence-corrected chi connectivity index (χ0v) is 17.1. The molecule has 1 aromatic rings. The molecule has 0 N–H and O–H groups in total. The third-order valence-electron chi connectivity index (χ3n) is 6.72. The molecule has 4 atom stereocenters. The van der Waals surface area contributed by atoms with E-state index in [9.17, 15) is 9.59 Å². The second kappa shape index (κ2) is 7.67. The number of rotatable bonds is 6. The van der Waals surface area contributed by atoms with Crippen LogP contribution in [0.2, 0.25) is 0 Å². The lowest BCUT2D eigenvalue weighted by Crippen LogP contribution is -2.49. The van der Waals surface area contributed by atoms with Gasteiger partial charge in [0.25, 0.3) is 0 Å². The van der Waals surface area contributed by atoms with E-state index in [4.69, 9.17) is 14.2 Å². The van der Waals surface area contributed by atoms with Gasteiger partial charge in [-0.2, -0.15) is 0 Å². The molecule has 0 aliphatic carbocycles. The quantitative estimate of drug-likeness (QED) is 0.644. The standard InChI is InChI=1S/C22H27N3O5/c1-28-12-11-25-14-22-7-4-17(30-22)18(19(22)21(25)27)20(26)24-9-5-15(6-10-24)29-16-3-2-8-23-13-16/h2-4,7-8,13,15,17-19H,5-6,9-12,14H2,1H3/t17-,18+,19-,22-/m1/s1. The maximum atomic E-state index is 13.4. The van der Waals surface area contributed by atoms with Crippen LogP contribution in [0.3, 0.4) is 0 Å². The van der Waals surface area contributed by atoms with Crippen molar-refractivity contribution in [1.82, 2.24) is 14.8 Å². The number of fused-ring (bicyclic) bond motifs is 1. The molecule has 0 unspecified atom stereocenters. The fourth-order valence-corrected chi connectivity index (χ4v) is 5.27. The minimum Gasteiger partial charge on any atom is -0.489 e. The van der Waals surface area contributed by atoms with E-state index in [1.54, 1.807) is 24.4 Å². The summed E-state index contributed by atoms with van der Waals surface area (Å²) in [6, 6.07) is 3.74. The number of carbonyl (C=O) groups is 2. The van der Waals surface area contributed by atoms with Gasteiger partial charge in [0.15, 0.2) is 0 Å². The van der Waals surface area contributed by atoms with E-state index in [0.717, 1.165) is 18.6 Å². The minimum atomic E-state index is -0.655. The van der Waals surface area contributed by atoms with Gasteiger partial charge in [-0.25, -0.2) is 0 Å². The van der Waals surface area contributed by atoms with Gasteiger partial charge >= 0.3 is 0 Å². The van der Waals surface area contributed by atoms with E-state index >= 15 is 0 Å². The van der Waals surface area contributed by atoms with Crippen molar-refractivity contribution in [3.05, 3.63) is 36.7 Å². The van der Waals surface area contributed by atoms with Crippen LogP contribution in [0.5, 0.6) is 5.75 Å². The molecule has 0 radical (unpaired) electrons. The van der Waals surface area contributed by atoms with Crippen molar-refractivity contribution in [3.63, 3.8) is 0 Å². The SMILES string of the molecule is COCCN1C[C@@]23C=C[C@@H](O2)[C@H](C(=O)N2CCC(Oc4cccnc4)CC2)[C@@H]3C1=O. The Bertz CT molecular complexity index is 838. The van der Waals surface area contributed by atoms with E-state index in [-0.39, 0.29) is 24.0 Å². The molecule has 0 aromatic carbocycles. The smallest absolute Gasteiger partial charge is 0.230 e. The van der Waals surface area contributed by atoms with Crippen molar-refractivity contribution < 1.29 is 23.8 Å². The Labute approximate surface area is 175 Å². The lowest BCUT2D eigenvalue weighted by Gasteiger charge is -2.35. The van der Waals surface area contributed by atoms with Crippen molar-refractivity contribution in [2.75, 3.05) is 39.9 Å². The average molecular weight is 413 g/mol. The number of aromatic nitrogens is 1. The summed E-state index contributed by atoms with van der Waals surface area (Å²) in [5.74, 6) is -0.0827. The van der Waals surface area contributed by atoms with Crippen molar-refractivity contribution in [2.45, 2.75) is 30.7 Å². The van der Waals surface area contributed by atoms with Crippen LogP contribution in [0, 0.1) is 11.8 Å². The first-order valence-electron chi connectivity index (χ1n) is 10.6. The van der Waals surface area contributed by atoms with E-state index in [1.165, 1.54) is 0 Å². The minimum absolute atomic E-state index is 0.00652. The molecular formula is C22H27N3O5. The molecule has 8 heteroatoms. The van der Waals surface area contributed by atoms with Crippen LogP contribution in [0.4, 0.5) is 0 Å². The average Bonchev–Trinajstić information content (AvgIpc) is 3.41. The number of likely N-dealkylation sites (tertiary alicyclic amines) is 2. The molecule has 5 heterocycles. The second-order valence-electron chi connectivity index (χ2n) is 8.48. The van der Waals surface area contributed by atoms with Crippen LogP contribution < -0.4 is 4.74 Å². The van der Waals surface area contributed by atoms with Crippen molar-refractivity contribution in [1.29, 1.82) is 0 Å². The number of ether oxygens (including phenoxy) is 3. The fraction of sp³-hybridized carbons (Fsp3) is 0.591. The Morgan fingerprint density at radius 1 is 1.37 bits per heavy atom. The van der Waals surface area contributed by atoms with Gasteiger partial charge in [-0.05, 0) is 12.1 Å². The summed E-state index contributed by atoms with van der Waals surface area (Å²) < 4.78 is 17.3. The van der Waals surface area contributed by atoms with E-state index in [1.807, 2.05) is 29.2 Å². The highest BCUT2D eigenvalue weighted by atomic mass is 16.5. The van der Waals surface area contributed by atoms with Crippen molar-refractivity contribution >= 4 is 11.8 Å². The molecule has 3 saturated heterocycles. The molecule has 0 saturated carbocycles. The van der Waals surface area contributed by atoms with Crippen molar-refractivity contribution in [3.8, 4) is 5.75 Å². The molecule has 8 nitrogen and oxygen atoms in total. The Balaban J connectivity index is 1.24. The highest BCUT2D eigenvalue weighted by Gasteiger charge is 2.67. The van der Waals surface area contributed by atoms with E-state index < -0.39 is 17.4 Å². The third-order valence-corrected chi connectivity index (χ3v) is 6.72. The molecule has 4 aliphatic rings. The Hall–Kier alpha value is -2.45. The first-order chi connectivity index (χ1) is 14.6. The van der Waals surface area contributed by atoms with Gasteiger partial charge in [0.1, 0.15) is 17.5 Å². The summed E-state index contributed by atoms with van der Waals surface area (Å²) in [5.41, 5.74) is -0.655. The molecule has 5 rings (SSSR count). The number of piperidine rings is 1. The molecule has 3 fully saturated rings. The van der Waals surface area contributed by atoms with Crippen LogP contribution in [-0.2, 0) is 19.1 Å². The van der Waals surface area contributed by atoms with Gasteiger partial charge in [0.2, 0.25) is 11.8 Å². The summed E-state index contributed by atoms with van der Waals surface area (Å²) in [4.78, 5) is 34.2. The number of carbonyl (C=O) groups excluding carboxylic acids is 2. The van der Waals surface area contributed by atoms with Crippen LogP contribution in [0.15, 0.2) is 36.7 Å². The first-order valence-corrected chi connectivity index (χ1v) is 10.6. The maximum Gasteiger partial charge on any atom is 0.230 e. The lowest BCUT2D eigenvalue weighted by atomic mass is 9.76. The molecule has 2 amide bonds. The topological polar surface area (TPSA) is 81.2 Å². The Morgan fingerprint density at radius 3 is 2.93 bits per heavy atom. The Morgan fingerprint density at radius 2 is 2.20 bits per heavy atom. The lowest BCUT2D eigenvalue weighted by molar-refractivity contribution is -0.144. The van der Waals surface area contributed by atoms with Gasteiger partial charge in [-0.1, -0.05) is 12.2 Å². The van der Waals surface area contributed by atoms with E-state index in [0.29, 0.717) is 32.8 Å². The maximum absolute atomic E-state index is 13.4. The van der Waals surface area contributed by atoms with Gasteiger partial charge in [0, 0.05) is 45.8 Å². The summed E-state index contributed by atoms with van der Waals surface area (Å²) in [7, 11) is 1.62. The molecule has 1 spiro atoms. The molecule has 160 valence electrons. The molecule has 4 aliphatic heterocycles. The van der Waals surface area contributed by atoms with Crippen molar-refractivity contribution in [2.24, 2.45) is 11.8 Å². The number of nitrogens with zero attached hydrogens (tertiary/aromatic N) is 3. The van der Waals surface area contributed by atoms with Crippen LogP contribution in [0.1, 0.15) is 12.8 Å². The highest BCUT2D eigenvalue weighted by Crippen LogP contribution is 2.52. The van der Waals surface area contributed by atoms with Crippen LogP contribution >= 0.6 is 0 Å². The Kier molecular flexibility index (Phi) is 4.99. The normalized spacial score (nSPS) is 32.7. The number of methoxy groups -OCH3 is 1. The largest absolute Gasteiger partial charge is 0.489 e. The molecule has 2 bridgehead atoms. The number of pyridine rings is 1. The number of hydrogen-bond donors (Lipinski definition) is 0. The zero-order valence-electron chi connectivity index (χ0n) is 17.1. The first kappa shape index (κ1) is 19.5. The summed E-state index contributed by atoms with van der Waals surface area (Å²) in [6.45, 7) is 2.74. The van der Waals surface area contributed by atoms with Gasteiger partial charge in [-0.15, -0.1) is 0 Å². The fourth-order valence-electron chi connectivity index (χ4n) is 5.27.